The molecule has 0 bridgehead atoms. The number of carbonyl (C=O) groups excluding carboxylic acids is 1. The van der Waals surface area contributed by atoms with Crippen molar-refractivity contribution in [2.45, 2.75) is 24.8 Å². The Morgan fingerprint density at radius 2 is 2.11 bits per heavy atom. The van der Waals surface area contributed by atoms with Crippen LogP contribution >= 0.6 is 35.3 Å². The first kappa shape index (κ1) is 20.5. The van der Waals surface area contributed by atoms with Crippen LogP contribution in [0, 0.1) is 0 Å². The quantitative estimate of drug-likeness (QED) is 0.804. The Balaban J connectivity index is 0.00000210. The van der Waals surface area contributed by atoms with Crippen molar-refractivity contribution in [1.29, 1.82) is 0 Å². The molecule has 7 nitrogen and oxygen atoms in total. The molecule has 148 valence electrons. The van der Waals surface area contributed by atoms with Crippen LogP contribution in [0.4, 0.5) is 0 Å². The van der Waals surface area contributed by atoms with Crippen LogP contribution in [-0.2, 0) is 0 Å². The number of piperazine rings is 1. The number of rotatable bonds is 3. The maximum Gasteiger partial charge on any atom is 0.263 e. The zero-order valence-electron chi connectivity index (χ0n) is 15.1. The number of aromatic nitrogens is 2. The van der Waals surface area contributed by atoms with Crippen LogP contribution < -0.4 is 5.32 Å². The fourth-order valence-electron chi connectivity index (χ4n) is 3.56. The van der Waals surface area contributed by atoms with E-state index in [4.69, 9.17) is 16.1 Å². The van der Waals surface area contributed by atoms with Gasteiger partial charge in [0.05, 0.1) is 15.3 Å². The summed E-state index contributed by atoms with van der Waals surface area (Å²) in [6, 6.07) is 3.72. The van der Waals surface area contributed by atoms with Crippen molar-refractivity contribution in [3.8, 4) is 0 Å². The Kier molecular flexibility index (Phi) is 6.75. The van der Waals surface area contributed by atoms with Crippen LogP contribution in [0.25, 0.3) is 0 Å². The molecule has 10 heteroatoms. The number of likely N-dealkylation sites (N-methyl/N-ethyl adjacent to an activating group) is 1. The van der Waals surface area contributed by atoms with E-state index in [1.54, 1.807) is 12.1 Å². The summed E-state index contributed by atoms with van der Waals surface area (Å²) in [6.45, 7) is 4.19. The number of amides is 1. The molecule has 27 heavy (non-hydrogen) atoms. The standard InChI is InChI=1S/C17H22ClN5O2S.ClH/c1-22-9-6-19-10-12(22)15-20-16(25-21-15)11-4-7-23(8-5-11)17(24)13-2-3-14(18)26-13;/h2-3,11-12,19H,4-10H2,1H3;1H. The molecule has 0 radical (unpaired) electrons. The van der Waals surface area contributed by atoms with Gasteiger partial charge in [-0.25, -0.2) is 0 Å². The van der Waals surface area contributed by atoms with Crippen molar-refractivity contribution in [3.63, 3.8) is 0 Å². The molecular weight excluding hydrogens is 409 g/mol. The zero-order valence-corrected chi connectivity index (χ0v) is 17.4. The van der Waals surface area contributed by atoms with E-state index in [0.29, 0.717) is 28.2 Å². The van der Waals surface area contributed by atoms with E-state index >= 15 is 0 Å². The molecule has 2 fully saturated rings. The third-order valence-corrected chi connectivity index (χ3v) is 6.40. The lowest BCUT2D eigenvalue weighted by atomic mass is 9.96. The molecule has 4 rings (SSSR count). The number of nitrogens with one attached hydrogen (secondary N) is 1. The van der Waals surface area contributed by atoms with Gasteiger partial charge in [0.25, 0.3) is 5.91 Å². The molecule has 1 unspecified atom stereocenters. The normalized spacial score (nSPS) is 21.9. The Morgan fingerprint density at radius 3 is 2.78 bits per heavy atom. The highest BCUT2D eigenvalue weighted by Gasteiger charge is 2.31. The van der Waals surface area contributed by atoms with Crippen molar-refractivity contribution in [1.82, 2.24) is 25.3 Å². The van der Waals surface area contributed by atoms with E-state index in [1.165, 1.54) is 11.3 Å². The molecule has 4 heterocycles. The molecule has 2 saturated heterocycles. The first-order valence-electron chi connectivity index (χ1n) is 8.91. The minimum atomic E-state index is 0. The minimum Gasteiger partial charge on any atom is -0.339 e. The fraction of sp³-hybridized carbons (Fsp3) is 0.588. The highest BCUT2D eigenvalue weighted by molar-refractivity contribution is 7.17. The predicted octanol–water partition coefficient (Wildman–Crippen LogP) is 2.80. The Hall–Kier alpha value is -1.19. The second-order valence-corrected chi connectivity index (χ2v) is 8.58. The average Bonchev–Trinajstić information content (AvgIpc) is 3.31. The smallest absolute Gasteiger partial charge is 0.263 e. The van der Waals surface area contributed by atoms with E-state index in [-0.39, 0.29) is 30.3 Å². The van der Waals surface area contributed by atoms with Gasteiger partial charge in [-0.15, -0.1) is 23.7 Å². The molecule has 2 aromatic heterocycles. The molecule has 1 N–H and O–H groups in total. The lowest BCUT2D eigenvalue weighted by Crippen LogP contribution is -2.44. The van der Waals surface area contributed by atoms with E-state index in [1.807, 2.05) is 4.90 Å². The van der Waals surface area contributed by atoms with Crippen LogP contribution in [-0.4, -0.2) is 65.6 Å². The van der Waals surface area contributed by atoms with Crippen LogP contribution in [0.2, 0.25) is 4.34 Å². The summed E-state index contributed by atoms with van der Waals surface area (Å²) in [5.74, 6) is 1.72. The van der Waals surface area contributed by atoms with Gasteiger partial charge >= 0.3 is 0 Å². The zero-order chi connectivity index (χ0) is 18.1. The first-order valence-corrected chi connectivity index (χ1v) is 10.1. The van der Waals surface area contributed by atoms with Crippen molar-refractivity contribution in [3.05, 3.63) is 33.1 Å². The molecule has 0 spiro atoms. The van der Waals surface area contributed by atoms with Gasteiger partial charge in [-0.05, 0) is 32.0 Å². The van der Waals surface area contributed by atoms with E-state index in [9.17, 15) is 4.79 Å². The number of nitrogens with zero attached hydrogens (tertiary/aromatic N) is 4. The van der Waals surface area contributed by atoms with Gasteiger partial charge in [-0.3, -0.25) is 9.69 Å². The number of hydrogen-bond acceptors (Lipinski definition) is 7. The molecule has 0 aromatic carbocycles. The molecule has 2 aliphatic heterocycles. The minimum absolute atomic E-state index is 0. The van der Waals surface area contributed by atoms with Gasteiger partial charge < -0.3 is 14.7 Å². The van der Waals surface area contributed by atoms with Crippen molar-refractivity contribution in [2.75, 3.05) is 39.8 Å². The summed E-state index contributed by atoms with van der Waals surface area (Å²) in [4.78, 5) is 22.0. The summed E-state index contributed by atoms with van der Waals surface area (Å²) in [5, 5.41) is 7.58. The molecule has 1 atom stereocenters. The number of thiophene rings is 1. The lowest BCUT2D eigenvalue weighted by molar-refractivity contribution is 0.0709. The second kappa shape index (κ2) is 8.87. The highest BCUT2D eigenvalue weighted by atomic mass is 35.5. The van der Waals surface area contributed by atoms with Gasteiger partial charge in [0, 0.05) is 38.6 Å². The lowest BCUT2D eigenvalue weighted by Gasteiger charge is -2.31. The molecule has 0 aliphatic carbocycles. The Labute approximate surface area is 173 Å². The highest BCUT2D eigenvalue weighted by Crippen LogP contribution is 2.30. The molecule has 2 aliphatic rings. The first-order chi connectivity index (χ1) is 12.6. The van der Waals surface area contributed by atoms with Crippen molar-refractivity contribution >= 4 is 41.3 Å². The average molecular weight is 432 g/mol. The largest absolute Gasteiger partial charge is 0.339 e. The molecule has 1 amide bonds. The maximum absolute atomic E-state index is 12.5. The van der Waals surface area contributed by atoms with Gasteiger partial charge in [-0.1, -0.05) is 16.8 Å². The third-order valence-electron chi connectivity index (χ3n) is 5.18. The summed E-state index contributed by atoms with van der Waals surface area (Å²) < 4.78 is 6.20. The van der Waals surface area contributed by atoms with Crippen molar-refractivity contribution < 1.29 is 9.32 Å². The van der Waals surface area contributed by atoms with Crippen LogP contribution in [0.3, 0.4) is 0 Å². The van der Waals surface area contributed by atoms with E-state index < -0.39 is 0 Å². The third kappa shape index (κ3) is 4.46. The second-order valence-electron chi connectivity index (χ2n) is 6.86. The SMILES string of the molecule is CN1CCNCC1c1noc(C2CCN(C(=O)c3ccc(Cl)s3)CC2)n1.Cl. The molecular formula is C17H23Cl2N5O2S. The Bertz CT molecular complexity index is 775. The topological polar surface area (TPSA) is 74.5 Å². The maximum atomic E-state index is 12.5. The predicted molar refractivity (Wildman–Crippen MR) is 107 cm³/mol. The Morgan fingerprint density at radius 1 is 1.33 bits per heavy atom. The van der Waals surface area contributed by atoms with Gasteiger partial charge in [0.2, 0.25) is 5.89 Å². The number of hydrogen-bond donors (Lipinski definition) is 1. The van der Waals surface area contributed by atoms with E-state index in [0.717, 1.165) is 38.3 Å². The molecule has 0 saturated carbocycles. The monoisotopic (exact) mass is 431 g/mol. The number of likely N-dealkylation sites (tertiary alicyclic amines) is 1. The van der Waals surface area contributed by atoms with E-state index in [2.05, 4.69) is 27.4 Å². The van der Waals surface area contributed by atoms with Crippen LogP contribution in [0.15, 0.2) is 16.7 Å². The summed E-state index contributed by atoms with van der Waals surface area (Å²) in [6.07, 6.45) is 1.68. The van der Waals surface area contributed by atoms with Crippen LogP contribution in [0.5, 0.6) is 0 Å². The summed E-state index contributed by atoms with van der Waals surface area (Å²) in [7, 11) is 2.09. The summed E-state index contributed by atoms with van der Waals surface area (Å²) >= 11 is 7.26. The fourth-order valence-corrected chi connectivity index (χ4v) is 4.57. The van der Waals surface area contributed by atoms with Gasteiger partial charge in [0.15, 0.2) is 5.82 Å². The van der Waals surface area contributed by atoms with Crippen LogP contribution in [0.1, 0.15) is 46.2 Å². The van der Waals surface area contributed by atoms with Crippen molar-refractivity contribution in [2.24, 2.45) is 0 Å². The summed E-state index contributed by atoms with van der Waals surface area (Å²) in [5.41, 5.74) is 0. The number of piperidine rings is 1. The van der Waals surface area contributed by atoms with Gasteiger partial charge in [-0.2, -0.15) is 4.98 Å². The number of halogens is 2. The van der Waals surface area contributed by atoms with Gasteiger partial charge in [0.1, 0.15) is 0 Å². The number of carbonyl (C=O) groups is 1. The molecule has 2 aromatic rings.